The topological polar surface area (TPSA) is 63.7 Å². The second-order valence-corrected chi connectivity index (χ2v) is 6.70. The quantitative estimate of drug-likeness (QED) is 0.581. The summed E-state index contributed by atoms with van der Waals surface area (Å²) in [6.45, 7) is 3.87. The van der Waals surface area contributed by atoms with E-state index in [-0.39, 0.29) is 24.7 Å². The van der Waals surface area contributed by atoms with Gasteiger partial charge in [-0.2, -0.15) is 0 Å². The van der Waals surface area contributed by atoms with E-state index in [0.29, 0.717) is 5.56 Å². The van der Waals surface area contributed by atoms with Crippen LogP contribution >= 0.6 is 0 Å². The maximum absolute atomic E-state index is 12.5. The van der Waals surface area contributed by atoms with E-state index in [1.165, 1.54) is 0 Å². The van der Waals surface area contributed by atoms with Crippen molar-refractivity contribution < 1.29 is 19.1 Å². The van der Waals surface area contributed by atoms with E-state index in [1.54, 1.807) is 36.1 Å². The summed E-state index contributed by atoms with van der Waals surface area (Å²) >= 11 is 0. The molecule has 1 aliphatic heterocycles. The number of rotatable bonds is 6. The summed E-state index contributed by atoms with van der Waals surface area (Å²) in [6.07, 6.45) is 0.0212. The van der Waals surface area contributed by atoms with Crippen molar-refractivity contribution in [3.8, 4) is 0 Å². The van der Waals surface area contributed by atoms with Crippen molar-refractivity contribution in [2.24, 2.45) is 5.92 Å². The van der Waals surface area contributed by atoms with Crippen LogP contribution in [0.4, 0.5) is 5.69 Å². The zero-order valence-corrected chi connectivity index (χ0v) is 15.6. The monoisotopic (exact) mass is 365 g/mol. The minimum absolute atomic E-state index is 0.0973. The van der Waals surface area contributed by atoms with Gasteiger partial charge in [0.2, 0.25) is 11.7 Å². The third kappa shape index (κ3) is 4.08. The number of para-hydroxylation sites is 1. The van der Waals surface area contributed by atoms with Gasteiger partial charge in [0.25, 0.3) is 0 Å². The average molecular weight is 365 g/mol. The van der Waals surface area contributed by atoms with Gasteiger partial charge in [-0.05, 0) is 25.0 Å². The fraction of sp³-hybridized carbons (Fsp3) is 0.318. The summed E-state index contributed by atoms with van der Waals surface area (Å²) in [5, 5.41) is 0. The van der Waals surface area contributed by atoms with Crippen molar-refractivity contribution in [1.29, 1.82) is 0 Å². The van der Waals surface area contributed by atoms with Gasteiger partial charge in [0.15, 0.2) is 6.10 Å². The van der Waals surface area contributed by atoms with Gasteiger partial charge in [-0.25, -0.2) is 0 Å². The normalized spacial score (nSPS) is 17.6. The highest BCUT2D eigenvalue weighted by Gasteiger charge is 2.37. The number of anilines is 1. The van der Waals surface area contributed by atoms with E-state index in [2.05, 4.69) is 0 Å². The van der Waals surface area contributed by atoms with E-state index in [4.69, 9.17) is 4.74 Å². The van der Waals surface area contributed by atoms with Gasteiger partial charge >= 0.3 is 5.97 Å². The van der Waals surface area contributed by atoms with Crippen LogP contribution in [0.1, 0.15) is 36.2 Å². The summed E-state index contributed by atoms with van der Waals surface area (Å²) in [5.74, 6) is -1.41. The van der Waals surface area contributed by atoms with Crippen LogP contribution in [0.25, 0.3) is 0 Å². The highest BCUT2D eigenvalue weighted by Crippen LogP contribution is 2.29. The summed E-state index contributed by atoms with van der Waals surface area (Å²) in [6, 6.07) is 16.4. The summed E-state index contributed by atoms with van der Waals surface area (Å²) in [7, 11) is 0. The SMILES string of the molecule is CCc1ccccc1N1C[C@H](C(=O)O[C@@H](C)C(=O)c2ccccc2)CC1=O. The largest absolute Gasteiger partial charge is 0.454 e. The number of ketones is 1. The number of aryl methyl sites for hydroxylation is 1. The van der Waals surface area contributed by atoms with Crippen LogP contribution in [0.15, 0.2) is 54.6 Å². The molecule has 1 aliphatic rings. The first-order valence-corrected chi connectivity index (χ1v) is 9.19. The molecule has 0 aliphatic carbocycles. The lowest BCUT2D eigenvalue weighted by atomic mass is 10.1. The molecule has 0 radical (unpaired) electrons. The van der Waals surface area contributed by atoms with Crippen LogP contribution in [-0.4, -0.2) is 30.3 Å². The van der Waals surface area contributed by atoms with Gasteiger partial charge in [-0.1, -0.05) is 55.5 Å². The third-order valence-corrected chi connectivity index (χ3v) is 4.84. The minimum Gasteiger partial charge on any atom is -0.454 e. The van der Waals surface area contributed by atoms with Gasteiger partial charge in [0.1, 0.15) is 0 Å². The summed E-state index contributed by atoms with van der Waals surface area (Å²) in [4.78, 5) is 39.0. The standard InChI is InChI=1S/C22H23NO4/c1-3-16-9-7-8-12-19(16)23-14-18(13-20(23)24)22(26)27-15(2)21(25)17-10-5-4-6-11-17/h4-12,15,18H,3,13-14H2,1-2H3/t15-,18+/m0/s1. The minimum atomic E-state index is -0.882. The first kappa shape index (κ1) is 18.8. The number of carbonyl (C=O) groups is 3. The fourth-order valence-electron chi connectivity index (χ4n) is 3.33. The molecular weight excluding hydrogens is 342 g/mol. The molecule has 1 fully saturated rings. The Balaban J connectivity index is 1.66. The maximum Gasteiger partial charge on any atom is 0.312 e. The van der Waals surface area contributed by atoms with Crippen LogP contribution in [0.2, 0.25) is 0 Å². The van der Waals surface area contributed by atoms with Crippen molar-refractivity contribution in [1.82, 2.24) is 0 Å². The van der Waals surface area contributed by atoms with E-state index < -0.39 is 18.0 Å². The molecule has 0 unspecified atom stereocenters. The highest BCUT2D eigenvalue weighted by atomic mass is 16.5. The zero-order chi connectivity index (χ0) is 19.4. The lowest BCUT2D eigenvalue weighted by Crippen LogP contribution is -2.30. The molecule has 1 heterocycles. The second-order valence-electron chi connectivity index (χ2n) is 6.70. The molecule has 1 amide bonds. The number of carbonyl (C=O) groups excluding carboxylic acids is 3. The predicted octanol–water partition coefficient (Wildman–Crippen LogP) is 3.42. The Morgan fingerprint density at radius 3 is 2.48 bits per heavy atom. The maximum atomic E-state index is 12.5. The molecule has 5 nitrogen and oxygen atoms in total. The van der Waals surface area contributed by atoms with Gasteiger partial charge < -0.3 is 9.64 Å². The number of benzene rings is 2. The first-order valence-electron chi connectivity index (χ1n) is 9.19. The van der Waals surface area contributed by atoms with Gasteiger partial charge in [0.05, 0.1) is 5.92 Å². The summed E-state index contributed by atoms with van der Waals surface area (Å²) in [5.41, 5.74) is 2.40. The number of nitrogens with zero attached hydrogens (tertiary/aromatic N) is 1. The lowest BCUT2D eigenvalue weighted by Gasteiger charge is -2.20. The Bertz CT molecular complexity index is 846. The third-order valence-electron chi connectivity index (χ3n) is 4.84. The van der Waals surface area contributed by atoms with Crippen molar-refractivity contribution in [3.63, 3.8) is 0 Å². The molecule has 1 saturated heterocycles. The molecule has 2 aromatic carbocycles. The Hall–Kier alpha value is -2.95. The first-order chi connectivity index (χ1) is 13.0. The van der Waals surface area contributed by atoms with Crippen LogP contribution in [0.3, 0.4) is 0 Å². The fourth-order valence-corrected chi connectivity index (χ4v) is 3.33. The van der Waals surface area contributed by atoms with Crippen LogP contribution in [-0.2, 0) is 20.7 Å². The van der Waals surface area contributed by atoms with Crippen LogP contribution in [0.5, 0.6) is 0 Å². The predicted molar refractivity (Wildman–Crippen MR) is 103 cm³/mol. The molecule has 0 N–H and O–H groups in total. The zero-order valence-electron chi connectivity index (χ0n) is 15.6. The molecule has 0 bridgehead atoms. The number of hydrogen-bond acceptors (Lipinski definition) is 4. The highest BCUT2D eigenvalue weighted by molar-refractivity contribution is 6.02. The Kier molecular flexibility index (Phi) is 5.69. The van der Waals surface area contributed by atoms with Gasteiger partial charge in [-0.3, -0.25) is 14.4 Å². The van der Waals surface area contributed by atoms with Crippen molar-refractivity contribution >= 4 is 23.3 Å². The molecule has 0 saturated carbocycles. The van der Waals surface area contributed by atoms with Gasteiger partial charge in [-0.15, -0.1) is 0 Å². The molecular formula is C22H23NO4. The smallest absolute Gasteiger partial charge is 0.312 e. The van der Waals surface area contributed by atoms with Crippen molar-refractivity contribution in [2.75, 3.05) is 11.4 Å². The molecule has 3 rings (SSSR count). The molecule has 5 heteroatoms. The number of amides is 1. The number of hydrogen-bond donors (Lipinski definition) is 0. The Labute approximate surface area is 158 Å². The summed E-state index contributed by atoms with van der Waals surface area (Å²) < 4.78 is 5.37. The molecule has 0 aromatic heterocycles. The number of Topliss-reactive ketones (excluding diaryl/α,β-unsaturated/α-hetero) is 1. The van der Waals surface area contributed by atoms with Gasteiger partial charge in [0, 0.05) is 24.2 Å². The van der Waals surface area contributed by atoms with E-state index in [0.717, 1.165) is 17.7 Å². The van der Waals surface area contributed by atoms with Crippen molar-refractivity contribution in [2.45, 2.75) is 32.8 Å². The van der Waals surface area contributed by atoms with Crippen LogP contribution < -0.4 is 4.90 Å². The van der Waals surface area contributed by atoms with E-state index >= 15 is 0 Å². The number of esters is 1. The van der Waals surface area contributed by atoms with Crippen molar-refractivity contribution in [3.05, 3.63) is 65.7 Å². The molecule has 27 heavy (non-hydrogen) atoms. The molecule has 140 valence electrons. The number of ether oxygens (including phenoxy) is 1. The molecule has 0 spiro atoms. The molecule has 2 atom stereocenters. The van der Waals surface area contributed by atoms with Crippen LogP contribution in [0, 0.1) is 5.92 Å². The van der Waals surface area contributed by atoms with E-state index in [1.807, 2.05) is 37.3 Å². The Morgan fingerprint density at radius 1 is 1.11 bits per heavy atom. The molecule has 2 aromatic rings. The average Bonchev–Trinajstić information content (AvgIpc) is 3.09. The lowest BCUT2D eigenvalue weighted by molar-refractivity contribution is -0.151. The second kappa shape index (κ2) is 8.16. The van der Waals surface area contributed by atoms with E-state index in [9.17, 15) is 14.4 Å². The Morgan fingerprint density at radius 2 is 1.78 bits per heavy atom.